The summed E-state index contributed by atoms with van der Waals surface area (Å²) in [6, 6.07) is 11.8. The Morgan fingerprint density at radius 3 is 2.57 bits per heavy atom. The molecule has 3 aromatic heterocycles. The van der Waals surface area contributed by atoms with Crippen molar-refractivity contribution in [1.82, 2.24) is 14.5 Å². The van der Waals surface area contributed by atoms with Crippen molar-refractivity contribution >= 4 is 38.5 Å². The first-order valence-electron chi connectivity index (χ1n) is 7.98. The lowest BCUT2D eigenvalue weighted by molar-refractivity contribution is -0.380. The van der Waals surface area contributed by atoms with Gasteiger partial charge < -0.3 is 5.11 Å². The Balaban J connectivity index is 1.93. The number of hydrogen-bond acceptors (Lipinski definition) is 8. The summed E-state index contributed by atoms with van der Waals surface area (Å²) >= 11 is 0.805. The average Bonchev–Trinajstić information content (AvgIpc) is 3.18. The SMILES string of the molecule is O=c1c2ccccc2c(/C=N/c2ncc([N+](=O)[O-])s2)c(O)n1-c1ccccn1. The second kappa shape index (κ2) is 7.00. The van der Waals surface area contributed by atoms with Crippen LogP contribution in [0.5, 0.6) is 5.88 Å². The van der Waals surface area contributed by atoms with E-state index in [1.165, 1.54) is 12.4 Å². The molecule has 0 aliphatic heterocycles. The molecule has 3 heterocycles. The number of pyridine rings is 2. The van der Waals surface area contributed by atoms with Crippen molar-refractivity contribution in [3.05, 3.63) is 80.9 Å². The summed E-state index contributed by atoms with van der Waals surface area (Å²) in [4.78, 5) is 35.3. The van der Waals surface area contributed by atoms with Gasteiger partial charge in [-0.2, -0.15) is 0 Å². The number of nitro groups is 1. The fourth-order valence-electron chi connectivity index (χ4n) is 2.71. The molecule has 1 aromatic carbocycles. The van der Waals surface area contributed by atoms with Gasteiger partial charge in [-0.05, 0) is 29.5 Å². The summed E-state index contributed by atoms with van der Waals surface area (Å²) in [5, 5.41) is 22.5. The normalized spacial score (nSPS) is 11.3. The fraction of sp³-hybridized carbons (Fsp3) is 0. The van der Waals surface area contributed by atoms with Gasteiger partial charge in [-0.3, -0.25) is 14.9 Å². The molecule has 0 atom stereocenters. The predicted octanol–water partition coefficient (Wildman–Crippen LogP) is 3.21. The molecule has 138 valence electrons. The van der Waals surface area contributed by atoms with Gasteiger partial charge in [0.2, 0.25) is 11.0 Å². The van der Waals surface area contributed by atoms with Gasteiger partial charge in [0, 0.05) is 23.2 Å². The molecular weight excluding hydrogens is 382 g/mol. The molecular formula is C18H11N5O4S. The third kappa shape index (κ3) is 3.01. The first-order valence-corrected chi connectivity index (χ1v) is 8.80. The van der Waals surface area contributed by atoms with Crippen molar-refractivity contribution in [2.75, 3.05) is 0 Å². The van der Waals surface area contributed by atoms with Crippen molar-refractivity contribution < 1.29 is 10.0 Å². The molecule has 0 aliphatic carbocycles. The predicted molar refractivity (Wildman–Crippen MR) is 105 cm³/mol. The number of thiazole rings is 1. The van der Waals surface area contributed by atoms with Gasteiger partial charge in [0.25, 0.3) is 5.56 Å². The molecule has 4 rings (SSSR count). The maximum Gasteiger partial charge on any atom is 0.345 e. The van der Waals surface area contributed by atoms with E-state index >= 15 is 0 Å². The number of benzene rings is 1. The number of aliphatic imine (C=N–C) groups is 1. The van der Waals surface area contributed by atoms with E-state index in [9.17, 15) is 20.0 Å². The van der Waals surface area contributed by atoms with Crippen LogP contribution in [0.3, 0.4) is 0 Å². The first-order chi connectivity index (χ1) is 13.6. The summed E-state index contributed by atoms with van der Waals surface area (Å²) < 4.78 is 1.09. The van der Waals surface area contributed by atoms with Crippen molar-refractivity contribution in [1.29, 1.82) is 0 Å². The molecule has 10 heteroatoms. The lowest BCUT2D eigenvalue weighted by atomic mass is 10.1. The monoisotopic (exact) mass is 393 g/mol. The average molecular weight is 393 g/mol. The Labute approximate surface area is 161 Å². The number of fused-ring (bicyclic) bond motifs is 1. The summed E-state index contributed by atoms with van der Waals surface area (Å²) in [6.45, 7) is 0. The summed E-state index contributed by atoms with van der Waals surface area (Å²) in [6.07, 6.45) is 3.96. The van der Waals surface area contributed by atoms with Crippen LogP contribution in [0.25, 0.3) is 16.6 Å². The van der Waals surface area contributed by atoms with E-state index in [2.05, 4.69) is 15.0 Å². The van der Waals surface area contributed by atoms with Gasteiger partial charge in [-0.25, -0.2) is 19.5 Å². The standard InChI is InChI=1S/C18H11N5O4S/c24-16-12-6-2-1-5-11(12)13(9-20-18-21-10-15(28-18)23(26)27)17(25)22(16)14-7-3-4-8-19-14/h1-10,25H/b20-9+. The Hall–Kier alpha value is -3.92. The van der Waals surface area contributed by atoms with Crippen LogP contribution in [0, 0.1) is 10.1 Å². The highest BCUT2D eigenvalue weighted by Crippen LogP contribution is 2.29. The van der Waals surface area contributed by atoms with Crippen molar-refractivity contribution in [3.63, 3.8) is 0 Å². The van der Waals surface area contributed by atoms with Crippen LogP contribution in [0.1, 0.15) is 5.56 Å². The maximum absolute atomic E-state index is 12.9. The van der Waals surface area contributed by atoms with E-state index < -0.39 is 10.5 Å². The zero-order valence-electron chi connectivity index (χ0n) is 14.1. The molecule has 0 radical (unpaired) electrons. The van der Waals surface area contributed by atoms with E-state index in [1.54, 1.807) is 42.5 Å². The minimum atomic E-state index is -0.551. The van der Waals surface area contributed by atoms with E-state index in [0.717, 1.165) is 22.1 Å². The lowest BCUT2D eigenvalue weighted by Gasteiger charge is -2.12. The van der Waals surface area contributed by atoms with E-state index in [4.69, 9.17) is 0 Å². The van der Waals surface area contributed by atoms with Crippen LogP contribution in [-0.2, 0) is 0 Å². The highest BCUT2D eigenvalue weighted by molar-refractivity contribution is 7.18. The van der Waals surface area contributed by atoms with Crippen molar-refractivity contribution in [3.8, 4) is 11.7 Å². The van der Waals surface area contributed by atoms with Crippen molar-refractivity contribution in [2.45, 2.75) is 0 Å². The second-order valence-electron chi connectivity index (χ2n) is 5.61. The molecule has 0 bridgehead atoms. The number of hydrogen-bond donors (Lipinski definition) is 1. The maximum atomic E-state index is 12.9. The van der Waals surface area contributed by atoms with Gasteiger partial charge in [0.1, 0.15) is 12.0 Å². The highest BCUT2D eigenvalue weighted by atomic mass is 32.1. The highest BCUT2D eigenvalue weighted by Gasteiger charge is 2.17. The molecule has 9 nitrogen and oxygen atoms in total. The summed E-state index contributed by atoms with van der Waals surface area (Å²) in [5.41, 5.74) is -0.146. The fourth-order valence-corrected chi connectivity index (χ4v) is 3.29. The minimum Gasteiger partial charge on any atom is -0.494 e. The largest absolute Gasteiger partial charge is 0.494 e. The van der Waals surface area contributed by atoms with Crippen LogP contribution < -0.4 is 5.56 Å². The van der Waals surface area contributed by atoms with Gasteiger partial charge in [-0.1, -0.05) is 24.3 Å². The third-order valence-corrected chi connectivity index (χ3v) is 4.80. The molecule has 0 fully saturated rings. The third-order valence-electron chi connectivity index (χ3n) is 3.95. The quantitative estimate of drug-likeness (QED) is 0.323. The van der Waals surface area contributed by atoms with Crippen LogP contribution in [-0.4, -0.2) is 30.8 Å². The zero-order valence-corrected chi connectivity index (χ0v) is 14.9. The van der Waals surface area contributed by atoms with Crippen LogP contribution in [0.4, 0.5) is 10.1 Å². The van der Waals surface area contributed by atoms with E-state index in [1.807, 2.05) is 0 Å². The Kier molecular flexibility index (Phi) is 4.38. The molecule has 0 saturated carbocycles. The molecule has 0 aliphatic rings. The molecule has 0 amide bonds. The van der Waals surface area contributed by atoms with E-state index in [0.29, 0.717) is 10.8 Å². The Morgan fingerprint density at radius 1 is 1.14 bits per heavy atom. The van der Waals surface area contributed by atoms with Crippen LogP contribution in [0.15, 0.2) is 64.6 Å². The minimum absolute atomic E-state index is 0.139. The molecule has 0 saturated heterocycles. The number of nitrogens with zero attached hydrogens (tertiary/aromatic N) is 5. The van der Waals surface area contributed by atoms with Gasteiger partial charge >= 0.3 is 5.00 Å². The topological polar surface area (TPSA) is 124 Å². The Bertz CT molecular complexity index is 1280. The van der Waals surface area contributed by atoms with E-state index in [-0.39, 0.29) is 27.4 Å². The molecule has 0 unspecified atom stereocenters. The van der Waals surface area contributed by atoms with Crippen LogP contribution in [0.2, 0.25) is 0 Å². The Morgan fingerprint density at radius 2 is 1.89 bits per heavy atom. The number of aromatic nitrogens is 3. The smallest absolute Gasteiger partial charge is 0.345 e. The number of aromatic hydroxyl groups is 1. The summed E-state index contributed by atoms with van der Waals surface area (Å²) in [7, 11) is 0. The van der Waals surface area contributed by atoms with Crippen molar-refractivity contribution in [2.24, 2.45) is 4.99 Å². The molecule has 1 N–H and O–H groups in total. The van der Waals surface area contributed by atoms with Gasteiger partial charge in [-0.15, -0.1) is 0 Å². The zero-order chi connectivity index (χ0) is 19.7. The molecule has 28 heavy (non-hydrogen) atoms. The van der Waals surface area contributed by atoms with Crippen LogP contribution >= 0.6 is 11.3 Å². The molecule has 4 aromatic rings. The second-order valence-corrected chi connectivity index (χ2v) is 6.60. The van der Waals surface area contributed by atoms with Gasteiger partial charge in [0.05, 0.1) is 10.5 Å². The van der Waals surface area contributed by atoms with Gasteiger partial charge in [0.15, 0.2) is 0 Å². The number of rotatable bonds is 4. The molecule has 0 spiro atoms. The first kappa shape index (κ1) is 17.5. The summed E-state index contributed by atoms with van der Waals surface area (Å²) in [5.74, 6) is -0.0764. The lowest BCUT2D eigenvalue weighted by Crippen LogP contribution is -2.20.